The van der Waals surface area contributed by atoms with Gasteiger partial charge in [-0.05, 0) is 61.0 Å². The van der Waals surface area contributed by atoms with Crippen LogP contribution in [0.3, 0.4) is 0 Å². The Morgan fingerprint density at radius 1 is 1.10 bits per heavy atom. The molecule has 21 heavy (non-hydrogen) atoms. The molecule has 0 amide bonds. The summed E-state index contributed by atoms with van der Waals surface area (Å²) in [5.41, 5.74) is 1.12. The third-order valence-corrected chi connectivity index (χ3v) is 4.20. The van der Waals surface area contributed by atoms with Crippen molar-refractivity contribution in [3.05, 3.63) is 43.9 Å². The quantitative estimate of drug-likeness (QED) is 0.485. The molecule has 0 radical (unpaired) electrons. The SMILES string of the molecule is CC(C)(C)OC(=O)n1cc(Br)cc1-c1cc(Br)ccc1Br. The summed E-state index contributed by atoms with van der Waals surface area (Å²) in [7, 11) is 0. The van der Waals surface area contributed by atoms with Gasteiger partial charge in [-0.15, -0.1) is 0 Å². The maximum atomic E-state index is 12.4. The minimum absolute atomic E-state index is 0.407. The Kier molecular flexibility index (Phi) is 5.00. The summed E-state index contributed by atoms with van der Waals surface area (Å²) in [5, 5.41) is 0. The van der Waals surface area contributed by atoms with Crippen LogP contribution in [0.15, 0.2) is 43.9 Å². The van der Waals surface area contributed by atoms with Gasteiger partial charge in [-0.25, -0.2) is 4.79 Å². The zero-order valence-electron chi connectivity index (χ0n) is 11.8. The molecule has 0 saturated carbocycles. The highest BCUT2D eigenvalue weighted by Crippen LogP contribution is 2.34. The Hall–Kier alpha value is -0.590. The van der Waals surface area contributed by atoms with Crippen molar-refractivity contribution in [2.45, 2.75) is 26.4 Å². The van der Waals surface area contributed by atoms with Crippen LogP contribution in [0.25, 0.3) is 11.3 Å². The van der Waals surface area contributed by atoms with E-state index in [1.807, 2.05) is 45.0 Å². The van der Waals surface area contributed by atoms with E-state index < -0.39 is 11.7 Å². The zero-order valence-corrected chi connectivity index (χ0v) is 16.5. The summed E-state index contributed by atoms with van der Waals surface area (Å²) < 4.78 is 9.60. The molecule has 0 spiro atoms. The van der Waals surface area contributed by atoms with Gasteiger partial charge in [0.15, 0.2) is 0 Å². The lowest BCUT2D eigenvalue weighted by Gasteiger charge is -2.20. The van der Waals surface area contributed by atoms with Crippen LogP contribution < -0.4 is 0 Å². The molecule has 0 aliphatic rings. The standard InChI is InChI=1S/C15H14Br3NO2/c1-15(2,3)21-14(20)19-8-10(17)7-13(19)11-6-9(16)4-5-12(11)18/h4-8H,1-3H3. The molecule has 1 aromatic heterocycles. The number of carbonyl (C=O) groups excluding carboxylic acids is 1. The van der Waals surface area contributed by atoms with Crippen LogP contribution in [0.2, 0.25) is 0 Å². The summed E-state index contributed by atoms with van der Waals surface area (Å²) in [6, 6.07) is 7.70. The van der Waals surface area contributed by atoms with E-state index >= 15 is 0 Å². The molecular formula is C15H14Br3NO2. The number of carbonyl (C=O) groups is 1. The maximum Gasteiger partial charge on any atom is 0.419 e. The first kappa shape index (κ1) is 16.8. The first-order valence-corrected chi connectivity index (χ1v) is 8.62. The fourth-order valence-electron chi connectivity index (χ4n) is 1.79. The third kappa shape index (κ3) is 4.20. The Morgan fingerprint density at radius 2 is 1.76 bits per heavy atom. The Balaban J connectivity index is 2.51. The average molecular weight is 480 g/mol. The highest BCUT2D eigenvalue weighted by molar-refractivity contribution is 9.11. The lowest BCUT2D eigenvalue weighted by Crippen LogP contribution is -2.27. The molecule has 0 aliphatic heterocycles. The molecule has 0 bridgehead atoms. The van der Waals surface area contributed by atoms with E-state index in [0.29, 0.717) is 0 Å². The second-order valence-corrected chi connectivity index (χ2v) is 8.20. The molecule has 0 N–H and O–H groups in total. The topological polar surface area (TPSA) is 31.2 Å². The van der Waals surface area contributed by atoms with Crippen LogP contribution in [0.1, 0.15) is 20.8 Å². The maximum absolute atomic E-state index is 12.4. The van der Waals surface area contributed by atoms with Crippen molar-refractivity contribution < 1.29 is 9.53 Å². The minimum atomic E-state index is -0.542. The van der Waals surface area contributed by atoms with Crippen molar-refractivity contribution in [1.29, 1.82) is 0 Å². The summed E-state index contributed by atoms with van der Waals surface area (Å²) in [5.74, 6) is 0. The minimum Gasteiger partial charge on any atom is -0.443 e. The predicted molar refractivity (Wildman–Crippen MR) is 94.6 cm³/mol. The number of aromatic nitrogens is 1. The van der Waals surface area contributed by atoms with Gasteiger partial charge in [0.1, 0.15) is 5.60 Å². The number of benzene rings is 1. The highest BCUT2D eigenvalue weighted by atomic mass is 79.9. The van der Waals surface area contributed by atoms with Crippen LogP contribution in [0.4, 0.5) is 4.79 Å². The highest BCUT2D eigenvalue weighted by Gasteiger charge is 2.21. The number of hydrogen-bond donors (Lipinski definition) is 0. The summed E-state index contributed by atoms with van der Waals surface area (Å²) in [6.07, 6.45) is 1.30. The number of nitrogens with zero attached hydrogens (tertiary/aromatic N) is 1. The molecular weight excluding hydrogens is 466 g/mol. The lowest BCUT2D eigenvalue weighted by molar-refractivity contribution is 0.0540. The van der Waals surface area contributed by atoms with Gasteiger partial charge in [0.2, 0.25) is 0 Å². The molecule has 2 aromatic rings. The smallest absolute Gasteiger partial charge is 0.419 e. The van der Waals surface area contributed by atoms with Crippen molar-refractivity contribution >= 4 is 53.9 Å². The number of hydrogen-bond acceptors (Lipinski definition) is 2. The van der Waals surface area contributed by atoms with E-state index in [1.54, 1.807) is 6.20 Å². The Morgan fingerprint density at radius 3 is 2.38 bits per heavy atom. The first-order valence-electron chi connectivity index (χ1n) is 6.24. The van der Waals surface area contributed by atoms with Gasteiger partial charge in [-0.1, -0.05) is 31.9 Å². The van der Waals surface area contributed by atoms with E-state index in [0.717, 1.165) is 24.7 Å². The van der Waals surface area contributed by atoms with Gasteiger partial charge in [0, 0.05) is 25.2 Å². The van der Waals surface area contributed by atoms with Gasteiger partial charge in [-0.3, -0.25) is 4.57 Å². The summed E-state index contributed by atoms with van der Waals surface area (Å²) >= 11 is 10.4. The van der Waals surface area contributed by atoms with Crippen molar-refractivity contribution in [3.8, 4) is 11.3 Å². The fourth-order valence-corrected chi connectivity index (χ4v) is 3.03. The molecule has 2 rings (SSSR count). The molecule has 6 heteroatoms. The lowest BCUT2D eigenvalue weighted by atomic mass is 10.1. The Labute approximate surface area is 149 Å². The van der Waals surface area contributed by atoms with Gasteiger partial charge >= 0.3 is 6.09 Å². The predicted octanol–water partition coefficient (Wildman–Crippen LogP) is 6.23. The summed E-state index contributed by atoms with van der Waals surface area (Å²) in [4.78, 5) is 12.4. The summed E-state index contributed by atoms with van der Waals surface area (Å²) in [6.45, 7) is 5.54. The normalized spacial score (nSPS) is 11.5. The van der Waals surface area contributed by atoms with Crippen molar-refractivity contribution in [3.63, 3.8) is 0 Å². The van der Waals surface area contributed by atoms with Gasteiger partial charge < -0.3 is 4.74 Å². The van der Waals surface area contributed by atoms with Crippen LogP contribution in [-0.4, -0.2) is 16.3 Å². The van der Waals surface area contributed by atoms with Gasteiger partial charge in [-0.2, -0.15) is 0 Å². The van der Waals surface area contributed by atoms with Crippen LogP contribution in [0.5, 0.6) is 0 Å². The molecule has 0 fully saturated rings. The van der Waals surface area contributed by atoms with Crippen LogP contribution in [0, 0.1) is 0 Å². The van der Waals surface area contributed by atoms with E-state index in [-0.39, 0.29) is 0 Å². The number of ether oxygens (including phenoxy) is 1. The van der Waals surface area contributed by atoms with E-state index in [1.165, 1.54) is 4.57 Å². The molecule has 3 nitrogen and oxygen atoms in total. The average Bonchev–Trinajstić information content (AvgIpc) is 2.72. The van der Waals surface area contributed by atoms with Gasteiger partial charge in [0.25, 0.3) is 0 Å². The van der Waals surface area contributed by atoms with E-state index in [2.05, 4.69) is 47.8 Å². The van der Waals surface area contributed by atoms with Crippen molar-refractivity contribution in [2.75, 3.05) is 0 Å². The molecule has 1 heterocycles. The molecule has 0 atom stereocenters. The third-order valence-electron chi connectivity index (χ3n) is 2.58. The second-order valence-electron chi connectivity index (χ2n) is 5.52. The van der Waals surface area contributed by atoms with Crippen LogP contribution in [-0.2, 0) is 4.74 Å². The Bertz CT molecular complexity index is 687. The van der Waals surface area contributed by atoms with E-state index in [9.17, 15) is 4.79 Å². The van der Waals surface area contributed by atoms with Crippen molar-refractivity contribution in [2.24, 2.45) is 0 Å². The van der Waals surface area contributed by atoms with Crippen molar-refractivity contribution in [1.82, 2.24) is 4.57 Å². The number of rotatable bonds is 1. The molecule has 112 valence electrons. The monoisotopic (exact) mass is 477 g/mol. The molecule has 0 aliphatic carbocycles. The zero-order chi connectivity index (χ0) is 15.8. The molecule has 0 unspecified atom stereocenters. The van der Waals surface area contributed by atoms with E-state index in [4.69, 9.17) is 4.74 Å². The molecule has 0 saturated heterocycles. The fraction of sp³-hybridized carbons (Fsp3) is 0.267. The number of halogens is 3. The van der Waals surface area contributed by atoms with Gasteiger partial charge in [0.05, 0.1) is 5.69 Å². The first-order chi connectivity index (χ1) is 9.67. The van der Waals surface area contributed by atoms with Crippen LogP contribution >= 0.6 is 47.8 Å². The molecule has 1 aromatic carbocycles. The largest absolute Gasteiger partial charge is 0.443 e. The second kappa shape index (κ2) is 6.26.